The van der Waals surface area contributed by atoms with Crippen LogP contribution in [0.15, 0.2) is 36.4 Å². The van der Waals surface area contributed by atoms with Gasteiger partial charge in [-0.25, -0.2) is 4.98 Å². The SMILES string of the molecule is Cc1cc(C2OC=C(C(N)=O)N2c2cc3sc(N4CCOCC4)nc3nc2C2CC2)ccn1. The molecule has 9 nitrogen and oxygen atoms in total. The Bertz CT molecular complexity index is 1260. The van der Waals surface area contributed by atoms with Gasteiger partial charge in [0.2, 0.25) is 6.23 Å². The van der Waals surface area contributed by atoms with Crippen molar-refractivity contribution in [1.29, 1.82) is 0 Å². The summed E-state index contributed by atoms with van der Waals surface area (Å²) in [5.74, 6) is -0.198. The fraction of sp³-hybridized carbons (Fsp3) is 0.391. The minimum Gasteiger partial charge on any atom is -0.471 e. The molecule has 3 aromatic rings. The lowest BCUT2D eigenvalue weighted by Gasteiger charge is -2.28. The molecule has 3 aromatic heterocycles. The number of nitrogens with zero attached hydrogens (tertiary/aromatic N) is 5. The van der Waals surface area contributed by atoms with Crippen LogP contribution in [0.25, 0.3) is 10.3 Å². The Morgan fingerprint density at radius 3 is 2.76 bits per heavy atom. The predicted octanol–water partition coefficient (Wildman–Crippen LogP) is 2.97. The van der Waals surface area contributed by atoms with Crippen LogP contribution in [0.5, 0.6) is 0 Å². The molecule has 1 atom stereocenters. The summed E-state index contributed by atoms with van der Waals surface area (Å²) in [4.78, 5) is 30.6. The highest BCUT2D eigenvalue weighted by molar-refractivity contribution is 7.22. The monoisotopic (exact) mass is 464 g/mol. The number of rotatable bonds is 5. The van der Waals surface area contributed by atoms with Crippen molar-refractivity contribution < 1.29 is 14.3 Å². The van der Waals surface area contributed by atoms with Gasteiger partial charge in [0, 0.05) is 36.5 Å². The average Bonchev–Trinajstić information content (AvgIpc) is 3.42. The molecule has 1 unspecified atom stereocenters. The molecule has 0 spiro atoms. The van der Waals surface area contributed by atoms with Crippen LogP contribution in [0.2, 0.25) is 0 Å². The highest BCUT2D eigenvalue weighted by Crippen LogP contribution is 2.48. The summed E-state index contributed by atoms with van der Waals surface area (Å²) in [6, 6.07) is 5.94. The van der Waals surface area contributed by atoms with Gasteiger partial charge in [-0.2, -0.15) is 4.98 Å². The van der Waals surface area contributed by atoms with Crippen LogP contribution in [0.1, 0.15) is 41.9 Å². The maximum atomic E-state index is 12.4. The molecule has 2 aliphatic heterocycles. The number of fused-ring (bicyclic) bond motifs is 1. The van der Waals surface area contributed by atoms with Crippen molar-refractivity contribution in [1.82, 2.24) is 15.0 Å². The van der Waals surface area contributed by atoms with Gasteiger partial charge < -0.3 is 20.1 Å². The molecular formula is C23H24N6O3S. The van der Waals surface area contributed by atoms with Gasteiger partial charge >= 0.3 is 0 Å². The van der Waals surface area contributed by atoms with Crippen molar-refractivity contribution in [3.63, 3.8) is 0 Å². The van der Waals surface area contributed by atoms with E-state index in [-0.39, 0.29) is 0 Å². The van der Waals surface area contributed by atoms with Gasteiger partial charge in [0.05, 0.1) is 29.3 Å². The third-order valence-electron chi connectivity index (χ3n) is 6.15. The molecule has 10 heteroatoms. The third-order valence-corrected chi connectivity index (χ3v) is 7.20. The number of amides is 1. The van der Waals surface area contributed by atoms with E-state index in [0.717, 1.165) is 64.0 Å². The number of hydrogen-bond acceptors (Lipinski definition) is 9. The van der Waals surface area contributed by atoms with Crippen LogP contribution < -0.4 is 15.5 Å². The van der Waals surface area contributed by atoms with Crippen molar-refractivity contribution in [2.24, 2.45) is 5.73 Å². The Hall–Kier alpha value is -3.24. The molecule has 1 aliphatic carbocycles. The molecule has 2 fully saturated rings. The average molecular weight is 465 g/mol. The molecule has 1 amide bonds. The van der Waals surface area contributed by atoms with E-state index in [2.05, 4.69) is 16.0 Å². The highest BCUT2D eigenvalue weighted by atomic mass is 32.1. The standard InChI is InChI=1S/C23H24N6O3S/c1-13-10-15(4-5-25-13)22-29(17(12-32-22)20(24)30)16-11-18-21(26-19(16)14-2-3-14)27-23(33-18)28-6-8-31-9-7-28/h4-5,10-12,14,22H,2-3,6-9H2,1H3,(H2,24,30). The molecule has 1 saturated carbocycles. The van der Waals surface area contributed by atoms with Crippen molar-refractivity contribution in [3.05, 3.63) is 53.3 Å². The topological polar surface area (TPSA) is 107 Å². The molecule has 1 saturated heterocycles. The van der Waals surface area contributed by atoms with E-state index >= 15 is 0 Å². The Morgan fingerprint density at radius 1 is 1.21 bits per heavy atom. The summed E-state index contributed by atoms with van der Waals surface area (Å²) in [5, 5.41) is 0.948. The zero-order valence-electron chi connectivity index (χ0n) is 18.2. The molecule has 0 radical (unpaired) electrons. The zero-order chi connectivity index (χ0) is 22.5. The molecule has 6 rings (SSSR count). The van der Waals surface area contributed by atoms with Crippen LogP contribution in [-0.2, 0) is 14.3 Å². The summed E-state index contributed by atoms with van der Waals surface area (Å²) < 4.78 is 12.4. The van der Waals surface area contributed by atoms with Crippen molar-refractivity contribution >= 4 is 38.4 Å². The normalized spacial score (nSPS) is 20.8. The lowest BCUT2D eigenvalue weighted by atomic mass is 10.1. The predicted molar refractivity (Wildman–Crippen MR) is 125 cm³/mol. The van der Waals surface area contributed by atoms with Gasteiger partial charge in [-0.1, -0.05) is 11.3 Å². The number of hydrogen-bond donors (Lipinski definition) is 1. The quantitative estimate of drug-likeness (QED) is 0.614. The lowest BCUT2D eigenvalue weighted by Crippen LogP contribution is -2.36. The Labute approximate surface area is 194 Å². The smallest absolute Gasteiger partial charge is 0.268 e. The minimum atomic E-state index is -0.538. The first-order valence-corrected chi connectivity index (χ1v) is 11.9. The van der Waals surface area contributed by atoms with E-state index < -0.39 is 12.1 Å². The fourth-order valence-electron chi connectivity index (χ4n) is 4.35. The molecule has 5 heterocycles. The number of pyridine rings is 2. The Morgan fingerprint density at radius 2 is 2.03 bits per heavy atom. The molecule has 2 N–H and O–H groups in total. The molecule has 0 bridgehead atoms. The zero-order valence-corrected chi connectivity index (χ0v) is 19.0. The van der Waals surface area contributed by atoms with Crippen molar-refractivity contribution in [2.45, 2.75) is 31.9 Å². The number of carbonyl (C=O) groups excluding carboxylic acids is 1. The van der Waals surface area contributed by atoms with E-state index in [1.165, 1.54) is 6.26 Å². The summed E-state index contributed by atoms with van der Waals surface area (Å²) >= 11 is 1.61. The first kappa shape index (κ1) is 20.4. The van der Waals surface area contributed by atoms with Gasteiger partial charge in [-0.05, 0) is 38.0 Å². The number of thiazole rings is 1. The Balaban J connectivity index is 1.47. The van der Waals surface area contributed by atoms with E-state index in [4.69, 9.17) is 25.2 Å². The van der Waals surface area contributed by atoms with Crippen LogP contribution in [0.3, 0.4) is 0 Å². The van der Waals surface area contributed by atoms with E-state index in [9.17, 15) is 4.79 Å². The molecule has 0 aromatic carbocycles. The number of ether oxygens (including phenoxy) is 2. The summed E-state index contributed by atoms with van der Waals surface area (Å²) in [5.41, 5.74) is 10.4. The van der Waals surface area contributed by atoms with Gasteiger partial charge in [0.15, 0.2) is 10.8 Å². The third kappa shape index (κ3) is 3.68. The number of carbonyl (C=O) groups is 1. The molecule has 3 aliphatic rings. The van der Waals surface area contributed by atoms with E-state index in [1.807, 2.05) is 24.0 Å². The van der Waals surface area contributed by atoms with E-state index in [0.29, 0.717) is 24.8 Å². The second kappa shape index (κ2) is 7.96. The summed E-state index contributed by atoms with van der Waals surface area (Å²) in [6.07, 6.45) is 4.81. The number of aryl methyl sites for hydroxylation is 1. The number of aromatic nitrogens is 3. The summed E-state index contributed by atoms with van der Waals surface area (Å²) in [7, 11) is 0. The van der Waals surface area contributed by atoms with Crippen LogP contribution in [-0.4, -0.2) is 47.2 Å². The Kier molecular flexibility index (Phi) is 4.92. The highest BCUT2D eigenvalue weighted by Gasteiger charge is 2.39. The molecular weight excluding hydrogens is 440 g/mol. The van der Waals surface area contributed by atoms with Gasteiger partial charge in [-0.15, -0.1) is 0 Å². The first-order valence-electron chi connectivity index (χ1n) is 11.1. The van der Waals surface area contributed by atoms with Crippen LogP contribution in [0, 0.1) is 6.92 Å². The van der Waals surface area contributed by atoms with Gasteiger partial charge in [-0.3, -0.25) is 14.7 Å². The molecule has 170 valence electrons. The lowest BCUT2D eigenvalue weighted by molar-refractivity contribution is -0.114. The maximum Gasteiger partial charge on any atom is 0.268 e. The number of nitrogens with two attached hydrogens (primary N) is 1. The number of morpholine rings is 1. The second-order valence-corrected chi connectivity index (χ2v) is 9.55. The largest absolute Gasteiger partial charge is 0.471 e. The maximum absolute atomic E-state index is 12.4. The van der Waals surface area contributed by atoms with Crippen molar-refractivity contribution in [2.75, 3.05) is 36.1 Å². The van der Waals surface area contributed by atoms with Crippen LogP contribution in [0.4, 0.5) is 10.8 Å². The van der Waals surface area contributed by atoms with Crippen LogP contribution >= 0.6 is 11.3 Å². The fourth-order valence-corrected chi connectivity index (χ4v) is 5.34. The molecule has 33 heavy (non-hydrogen) atoms. The first-order chi connectivity index (χ1) is 16.1. The number of primary amides is 1. The van der Waals surface area contributed by atoms with E-state index in [1.54, 1.807) is 17.5 Å². The second-order valence-electron chi connectivity index (χ2n) is 8.54. The summed E-state index contributed by atoms with van der Waals surface area (Å²) in [6.45, 7) is 4.97. The number of anilines is 2. The van der Waals surface area contributed by atoms with Gasteiger partial charge in [0.1, 0.15) is 12.0 Å². The van der Waals surface area contributed by atoms with Gasteiger partial charge in [0.25, 0.3) is 5.91 Å². The van der Waals surface area contributed by atoms with Crippen molar-refractivity contribution in [3.8, 4) is 0 Å². The minimum absolute atomic E-state index is 0.315.